The third kappa shape index (κ3) is 3.83. The standard InChI is InChI=1S/C28H26F3N3O3/c29-28(30,31)17-8-6-9-18(15-17)32-25(35)24-22-21(23-20-12-5-4-7-16(20)13-14-33(23)24)26(36)34(27(22)37)19-10-2-1-3-11-19/h4-9,12-15,19,21-24H,1-3,10-11H2,(H,32,35)/t21-,22-,23-,24+/m1/s1. The number of halogens is 3. The van der Waals surface area contributed by atoms with Gasteiger partial charge in [0.2, 0.25) is 17.7 Å². The molecule has 0 bridgehead atoms. The van der Waals surface area contributed by atoms with Gasteiger partial charge in [-0.3, -0.25) is 19.3 Å². The maximum absolute atomic E-state index is 13.8. The lowest BCUT2D eigenvalue weighted by Gasteiger charge is -2.37. The van der Waals surface area contributed by atoms with E-state index in [1.165, 1.54) is 17.0 Å². The molecular weight excluding hydrogens is 483 g/mol. The predicted molar refractivity (Wildman–Crippen MR) is 130 cm³/mol. The van der Waals surface area contributed by atoms with Crippen molar-refractivity contribution in [3.8, 4) is 0 Å². The van der Waals surface area contributed by atoms with E-state index in [9.17, 15) is 27.6 Å². The number of nitrogens with one attached hydrogen (secondary N) is 1. The van der Waals surface area contributed by atoms with Gasteiger partial charge in [0, 0.05) is 17.9 Å². The Morgan fingerprint density at radius 1 is 0.919 bits per heavy atom. The summed E-state index contributed by atoms with van der Waals surface area (Å²) in [5.74, 6) is -2.87. The van der Waals surface area contributed by atoms with Gasteiger partial charge in [-0.25, -0.2) is 0 Å². The highest BCUT2D eigenvalue weighted by molar-refractivity contribution is 6.11. The number of hydrogen-bond acceptors (Lipinski definition) is 4. The van der Waals surface area contributed by atoms with E-state index in [1.807, 2.05) is 30.3 Å². The molecule has 4 aliphatic rings. The summed E-state index contributed by atoms with van der Waals surface area (Å²) < 4.78 is 39.7. The molecule has 2 aromatic carbocycles. The summed E-state index contributed by atoms with van der Waals surface area (Å²) in [6.07, 6.45) is 3.47. The number of benzene rings is 2. The van der Waals surface area contributed by atoms with Crippen molar-refractivity contribution in [3.05, 3.63) is 71.4 Å². The lowest BCUT2D eigenvalue weighted by atomic mass is 9.84. The van der Waals surface area contributed by atoms with Gasteiger partial charge in [-0.2, -0.15) is 13.2 Å². The summed E-state index contributed by atoms with van der Waals surface area (Å²) in [5, 5.41) is 2.60. The van der Waals surface area contributed by atoms with Crippen molar-refractivity contribution in [3.63, 3.8) is 0 Å². The molecule has 4 atom stereocenters. The van der Waals surface area contributed by atoms with Crippen molar-refractivity contribution < 1.29 is 27.6 Å². The van der Waals surface area contributed by atoms with Crippen LogP contribution < -0.4 is 5.32 Å². The zero-order chi connectivity index (χ0) is 25.9. The molecule has 0 spiro atoms. The van der Waals surface area contributed by atoms with Gasteiger partial charge in [0.1, 0.15) is 6.04 Å². The van der Waals surface area contributed by atoms with E-state index in [2.05, 4.69) is 5.32 Å². The summed E-state index contributed by atoms with van der Waals surface area (Å²) in [4.78, 5) is 44.5. The van der Waals surface area contributed by atoms with Gasteiger partial charge < -0.3 is 10.2 Å². The van der Waals surface area contributed by atoms with Gasteiger partial charge in [-0.05, 0) is 48.2 Å². The molecule has 3 aliphatic heterocycles. The Balaban J connectivity index is 1.38. The maximum atomic E-state index is 13.8. The summed E-state index contributed by atoms with van der Waals surface area (Å²) in [7, 11) is 0. The summed E-state index contributed by atoms with van der Waals surface area (Å²) in [6, 6.07) is 10.3. The lowest BCUT2D eigenvalue weighted by Crippen LogP contribution is -2.49. The fourth-order valence-corrected chi connectivity index (χ4v) is 6.57. The summed E-state index contributed by atoms with van der Waals surface area (Å²) >= 11 is 0. The second kappa shape index (κ2) is 8.75. The van der Waals surface area contributed by atoms with E-state index < -0.39 is 41.6 Å². The first-order valence-electron chi connectivity index (χ1n) is 12.7. The van der Waals surface area contributed by atoms with Crippen LogP contribution in [0, 0.1) is 11.8 Å². The van der Waals surface area contributed by atoms with E-state index in [-0.39, 0.29) is 23.5 Å². The van der Waals surface area contributed by atoms with Crippen LogP contribution in [-0.4, -0.2) is 39.6 Å². The molecule has 37 heavy (non-hydrogen) atoms. The minimum Gasteiger partial charge on any atom is -0.357 e. The van der Waals surface area contributed by atoms with Crippen LogP contribution in [0.3, 0.4) is 0 Å². The molecule has 2 aromatic rings. The Bertz CT molecular complexity index is 1300. The van der Waals surface area contributed by atoms with Crippen molar-refractivity contribution in [1.29, 1.82) is 0 Å². The van der Waals surface area contributed by atoms with E-state index in [1.54, 1.807) is 11.1 Å². The first-order valence-corrected chi connectivity index (χ1v) is 12.7. The minimum absolute atomic E-state index is 0.0119. The largest absolute Gasteiger partial charge is 0.416 e. The number of nitrogens with zero attached hydrogens (tertiary/aromatic N) is 2. The van der Waals surface area contributed by atoms with Crippen LogP contribution in [0.2, 0.25) is 0 Å². The number of carbonyl (C=O) groups excluding carboxylic acids is 3. The molecule has 1 saturated carbocycles. The Morgan fingerprint density at radius 2 is 1.65 bits per heavy atom. The first kappa shape index (κ1) is 23.8. The molecule has 1 N–H and O–H groups in total. The quantitative estimate of drug-likeness (QED) is 0.592. The highest BCUT2D eigenvalue weighted by Crippen LogP contribution is 2.53. The van der Waals surface area contributed by atoms with Crippen LogP contribution in [0.25, 0.3) is 6.08 Å². The summed E-state index contributed by atoms with van der Waals surface area (Å²) in [6.45, 7) is 0. The number of amides is 3. The number of fused-ring (bicyclic) bond motifs is 5. The Hall–Kier alpha value is -3.62. The lowest BCUT2D eigenvalue weighted by molar-refractivity contribution is -0.146. The smallest absolute Gasteiger partial charge is 0.357 e. The maximum Gasteiger partial charge on any atom is 0.416 e. The highest BCUT2D eigenvalue weighted by atomic mass is 19.4. The number of carbonyl (C=O) groups is 3. The molecule has 3 heterocycles. The molecule has 0 radical (unpaired) electrons. The molecule has 6 nitrogen and oxygen atoms in total. The molecule has 0 unspecified atom stereocenters. The van der Waals surface area contributed by atoms with Gasteiger partial charge in [-0.1, -0.05) is 49.6 Å². The van der Waals surface area contributed by atoms with Crippen LogP contribution in [0.4, 0.5) is 18.9 Å². The number of hydrogen-bond donors (Lipinski definition) is 1. The molecule has 3 amide bonds. The minimum atomic E-state index is -4.56. The van der Waals surface area contributed by atoms with Gasteiger partial charge in [-0.15, -0.1) is 0 Å². The highest BCUT2D eigenvalue weighted by Gasteiger charge is 2.65. The van der Waals surface area contributed by atoms with E-state index >= 15 is 0 Å². The van der Waals surface area contributed by atoms with E-state index in [0.717, 1.165) is 55.4 Å². The average molecular weight is 510 g/mol. The molecule has 6 rings (SSSR count). The Labute approximate surface area is 212 Å². The van der Waals surface area contributed by atoms with Crippen LogP contribution >= 0.6 is 0 Å². The van der Waals surface area contributed by atoms with Crippen molar-refractivity contribution in [2.24, 2.45) is 11.8 Å². The SMILES string of the molecule is O=C(Nc1cccc(C(F)(F)F)c1)[C@@H]1[C@@H]2C(=O)N(C3CCCCC3)C(=O)[C@H]2[C@H]2c3ccccc3C=CN12. The van der Waals surface area contributed by atoms with Crippen LogP contribution in [-0.2, 0) is 20.6 Å². The van der Waals surface area contributed by atoms with Crippen molar-refractivity contribution >= 4 is 29.5 Å². The molecule has 192 valence electrons. The Kier molecular flexibility index (Phi) is 5.62. The predicted octanol–water partition coefficient (Wildman–Crippen LogP) is 4.99. The molecular formula is C28H26F3N3O3. The van der Waals surface area contributed by atoms with Gasteiger partial charge in [0.05, 0.1) is 23.4 Å². The van der Waals surface area contributed by atoms with Crippen LogP contribution in [0.5, 0.6) is 0 Å². The molecule has 3 fully saturated rings. The third-order valence-corrected chi connectivity index (χ3v) is 8.16. The first-order chi connectivity index (χ1) is 17.8. The molecule has 1 aliphatic carbocycles. The van der Waals surface area contributed by atoms with E-state index in [0.29, 0.717) is 0 Å². The zero-order valence-corrected chi connectivity index (χ0v) is 19.9. The second-order valence-electron chi connectivity index (χ2n) is 10.2. The Morgan fingerprint density at radius 3 is 2.41 bits per heavy atom. The normalized spacial score (nSPS) is 27.2. The van der Waals surface area contributed by atoms with E-state index in [4.69, 9.17) is 0 Å². The zero-order valence-electron chi connectivity index (χ0n) is 19.9. The number of imide groups is 1. The van der Waals surface area contributed by atoms with Crippen molar-refractivity contribution in [2.45, 2.75) is 56.4 Å². The molecule has 0 aromatic heterocycles. The molecule has 2 saturated heterocycles. The third-order valence-electron chi connectivity index (χ3n) is 8.16. The number of likely N-dealkylation sites (tertiary alicyclic amines) is 1. The summed E-state index contributed by atoms with van der Waals surface area (Å²) in [5.41, 5.74) is 0.885. The fourth-order valence-electron chi connectivity index (χ4n) is 6.57. The number of alkyl halides is 3. The van der Waals surface area contributed by atoms with Gasteiger partial charge in [0.15, 0.2) is 0 Å². The van der Waals surface area contributed by atoms with Gasteiger partial charge in [0.25, 0.3) is 0 Å². The number of anilines is 1. The van der Waals surface area contributed by atoms with Crippen LogP contribution in [0.1, 0.15) is 54.8 Å². The topological polar surface area (TPSA) is 69.7 Å². The van der Waals surface area contributed by atoms with Crippen LogP contribution in [0.15, 0.2) is 54.7 Å². The van der Waals surface area contributed by atoms with Crippen molar-refractivity contribution in [2.75, 3.05) is 5.32 Å². The monoisotopic (exact) mass is 509 g/mol. The van der Waals surface area contributed by atoms with Gasteiger partial charge >= 0.3 is 6.18 Å². The number of rotatable bonds is 3. The molecule has 9 heteroatoms. The van der Waals surface area contributed by atoms with Crippen molar-refractivity contribution in [1.82, 2.24) is 9.80 Å². The second-order valence-corrected chi connectivity index (χ2v) is 10.2. The average Bonchev–Trinajstić information content (AvgIpc) is 3.36. The fraction of sp³-hybridized carbons (Fsp3) is 0.393.